The molecule has 1 aromatic carbocycles. The molecule has 5 heteroatoms. The lowest BCUT2D eigenvalue weighted by Crippen LogP contribution is -2.12. The number of carbonyl (C=O) groups excluding carboxylic acids is 1. The highest BCUT2D eigenvalue weighted by Crippen LogP contribution is 2.44. The average Bonchev–Trinajstić information content (AvgIpc) is 2.78. The third-order valence-corrected chi connectivity index (χ3v) is 6.09. The molecule has 0 saturated heterocycles. The van der Waals surface area contributed by atoms with E-state index in [9.17, 15) is 9.90 Å². The quantitative estimate of drug-likeness (QED) is 0.166. The van der Waals surface area contributed by atoms with Gasteiger partial charge in [-0.1, -0.05) is 96.8 Å². The third kappa shape index (κ3) is 11.1. The molecule has 0 spiro atoms. The van der Waals surface area contributed by atoms with Crippen LogP contribution in [0.5, 0.6) is 17.2 Å². The van der Waals surface area contributed by atoms with Crippen LogP contribution in [0.1, 0.15) is 115 Å². The predicted octanol–water partition coefficient (Wildman–Crippen LogP) is 7.92. The van der Waals surface area contributed by atoms with Crippen LogP contribution >= 0.6 is 0 Å². The highest BCUT2D eigenvalue weighted by molar-refractivity contribution is 5.93. The summed E-state index contributed by atoms with van der Waals surface area (Å²) in [7, 11) is 2.97. The second-order valence-corrected chi connectivity index (χ2v) is 8.90. The maximum Gasteiger partial charge on any atom is 0.224 e. The van der Waals surface area contributed by atoms with Crippen molar-refractivity contribution in [1.29, 1.82) is 0 Å². The lowest BCUT2D eigenvalue weighted by Gasteiger charge is -2.16. The number of rotatable bonds is 19. The molecule has 32 heavy (non-hydrogen) atoms. The van der Waals surface area contributed by atoms with Crippen molar-refractivity contribution in [2.45, 2.75) is 117 Å². The van der Waals surface area contributed by atoms with Gasteiger partial charge in [0, 0.05) is 6.42 Å². The normalized spacial score (nSPS) is 10.9. The fourth-order valence-electron chi connectivity index (χ4n) is 4.11. The standard InChI is InChI=1S/C27H47NO4/c1-5-6-7-8-9-10-11-12-13-14-15-16-17-18-19-20-24(29)28-23-21-22(2)25(30)27(32-4)26(23)31-3/h21,30H,5-20H2,1-4H3,(H,28,29). The molecule has 0 heterocycles. The molecule has 0 unspecified atom stereocenters. The number of hydrogen-bond donors (Lipinski definition) is 2. The number of aromatic hydroxyl groups is 1. The Balaban J connectivity index is 2.09. The van der Waals surface area contributed by atoms with Gasteiger partial charge in [0.05, 0.1) is 19.9 Å². The van der Waals surface area contributed by atoms with Crippen molar-refractivity contribution in [2.75, 3.05) is 19.5 Å². The Kier molecular flexibility index (Phi) is 15.5. The van der Waals surface area contributed by atoms with E-state index in [0.29, 0.717) is 23.4 Å². The largest absolute Gasteiger partial charge is 0.504 e. The smallest absolute Gasteiger partial charge is 0.224 e. The average molecular weight is 450 g/mol. The molecule has 2 N–H and O–H groups in total. The first-order valence-electron chi connectivity index (χ1n) is 12.8. The van der Waals surface area contributed by atoms with Crippen molar-refractivity contribution in [3.05, 3.63) is 11.6 Å². The number of unbranched alkanes of at least 4 members (excludes halogenated alkanes) is 14. The highest BCUT2D eigenvalue weighted by atomic mass is 16.5. The third-order valence-electron chi connectivity index (χ3n) is 6.09. The topological polar surface area (TPSA) is 67.8 Å². The lowest BCUT2D eigenvalue weighted by molar-refractivity contribution is -0.116. The molecular weight excluding hydrogens is 402 g/mol. The zero-order valence-corrected chi connectivity index (χ0v) is 21.1. The molecule has 5 nitrogen and oxygen atoms in total. The fourth-order valence-corrected chi connectivity index (χ4v) is 4.11. The van der Waals surface area contributed by atoms with Crippen LogP contribution in [0.15, 0.2) is 6.07 Å². The van der Waals surface area contributed by atoms with Crippen LogP contribution in [0.3, 0.4) is 0 Å². The number of phenols is 1. The van der Waals surface area contributed by atoms with Gasteiger partial charge < -0.3 is 19.9 Å². The highest BCUT2D eigenvalue weighted by Gasteiger charge is 2.18. The Morgan fingerprint density at radius 2 is 1.22 bits per heavy atom. The molecule has 1 rings (SSSR count). The summed E-state index contributed by atoms with van der Waals surface area (Å²) in [6.07, 6.45) is 20.1. The van der Waals surface area contributed by atoms with Gasteiger partial charge in [-0.05, 0) is 25.0 Å². The molecular formula is C27H47NO4. The number of amides is 1. The summed E-state index contributed by atoms with van der Waals surface area (Å²) in [5, 5.41) is 13.0. The Bertz CT molecular complexity index is 645. The Hall–Kier alpha value is -1.91. The maximum atomic E-state index is 12.3. The van der Waals surface area contributed by atoms with E-state index in [1.807, 2.05) is 0 Å². The van der Waals surface area contributed by atoms with Crippen LogP contribution in [0, 0.1) is 6.92 Å². The molecule has 0 radical (unpaired) electrons. The molecule has 1 amide bonds. The number of anilines is 1. The molecule has 0 aromatic heterocycles. The minimum atomic E-state index is -0.0369. The summed E-state index contributed by atoms with van der Waals surface area (Å²) >= 11 is 0. The molecule has 0 aliphatic carbocycles. The van der Waals surface area contributed by atoms with E-state index in [1.165, 1.54) is 97.7 Å². The summed E-state index contributed by atoms with van der Waals surface area (Å²) in [5.41, 5.74) is 1.16. The number of nitrogens with one attached hydrogen (secondary N) is 1. The Labute approximate surface area is 196 Å². The zero-order chi connectivity index (χ0) is 23.6. The summed E-state index contributed by atoms with van der Waals surface area (Å²) in [6, 6.07) is 1.71. The van der Waals surface area contributed by atoms with Crippen LogP contribution in [0.25, 0.3) is 0 Å². The Morgan fingerprint density at radius 3 is 1.66 bits per heavy atom. The maximum absolute atomic E-state index is 12.3. The number of carbonyl (C=O) groups is 1. The number of ether oxygens (including phenoxy) is 2. The van der Waals surface area contributed by atoms with E-state index in [1.54, 1.807) is 13.0 Å². The van der Waals surface area contributed by atoms with Gasteiger partial charge >= 0.3 is 0 Å². The molecule has 0 aliphatic rings. The van der Waals surface area contributed by atoms with Crippen LogP contribution in [0.4, 0.5) is 5.69 Å². The summed E-state index contributed by atoms with van der Waals surface area (Å²) in [4.78, 5) is 12.3. The van der Waals surface area contributed by atoms with Crippen molar-refractivity contribution >= 4 is 11.6 Å². The molecule has 0 saturated carbocycles. The molecule has 0 bridgehead atoms. The first kappa shape index (κ1) is 28.1. The van der Waals surface area contributed by atoms with Crippen molar-refractivity contribution in [3.8, 4) is 17.2 Å². The van der Waals surface area contributed by atoms with Gasteiger partial charge in [0.2, 0.25) is 11.7 Å². The zero-order valence-electron chi connectivity index (χ0n) is 21.1. The second kappa shape index (κ2) is 17.6. The van der Waals surface area contributed by atoms with Gasteiger partial charge in [0.25, 0.3) is 0 Å². The molecule has 0 fully saturated rings. The first-order valence-corrected chi connectivity index (χ1v) is 12.8. The van der Waals surface area contributed by atoms with E-state index in [2.05, 4.69) is 12.2 Å². The van der Waals surface area contributed by atoms with E-state index in [-0.39, 0.29) is 17.4 Å². The van der Waals surface area contributed by atoms with Gasteiger partial charge in [-0.15, -0.1) is 0 Å². The van der Waals surface area contributed by atoms with Crippen LogP contribution in [-0.4, -0.2) is 25.2 Å². The monoisotopic (exact) mass is 449 g/mol. The van der Waals surface area contributed by atoms with Crippen molar-refractivity contribution in [3.63, 3.8) is 0 Å². The number of phenolic OH excluding ortho intramolecular Hbond substituents is 1. The molecule has 0 atom stereocenters. The van der Waals surface area contributed by atoms with Crippen molar-refractivity contribution in [2.24, 2.45) is 0 Å². The van der Waals surface area contributed by atoms with Crippen LogP contribution in [-0.2, 0) is 4.79 Å². The summed E-state index contributed by atoms with van der Waals surface area (Å²) in [6.45, 7) is 4.04. The van der Waals surface area contributed by atoms with Crippen LogP contribution < -0.4 is 14.8 Å². The lowest BCUT2D eigenvalue weighted by atomic mass is 10.0. The first-order chi connectivity index (χ1) is 15.5. The fraction of sp³-hybridized carbons (Fsp3) is 0.741. The molecule has 184 valence electrons. The number of aryl methyl sites for hydroxylation is 1. The van der Waals surface area contributed by atoms with E-state index < -0.39 is 0 Å². The summed E-state index contributed by atoms with van der Waals surface area (Å²) in [5.74, 6) is 0.588. The van der Waals surface area contributed by atoms with E-state index in [0.717, 1.165) is 12.8 Å². The van der Waals surface area contributed by atoms with E-state index in [4.69, 9.17) is 9.47 Å². The minimum Gasteiger partial charge on any atom is -0.504 e. The Morgan fingerprint density at radius 1 is 0.781 bits per heavy atom. The molecule has 1 aromatic rings. The van der Waals surface area contributed by atoms with Gasteiger partial charge in [-0.2, -0.15) is 0 Å². The van der Waals surface area contributed by atoms with Crippen molar-refractivity contribution in [1.82, 2.24) is 0 Å². The van der Waals surface area contributed by atoms with E-state index >= 15 is 0 Å². The summed E-state index contributed by atoms with van der Waals surface area (Å²) < 4.78 is 10.6. The number of benzene rings is 1. The van der Waals surface area contributed by atoms with Gasteiger partial charge in [-0.3, -0.25) is 4.79 Å². The van der Waals surface area contributed by atoms with Gasteiger partial charge in [-0.25, -0.2) is 0 Å². The van der Waals surface area contributed by atoms with Gasteiger partial charge in [0.1, 0.15) is 0 Å². The molecule has 0 aliphatic heterocycles. The van der Waals surface area contributed by atoms with Gasteiger partial charge in [0.15, 0.2) is 11.5 Å². The SMILES string of the molecule is CCCCCCCCCCCCCCCCCC(=O)Nc1cc(C)c(O)c(OC)c1OC. The van der Waals surface area contributed by atoms with Crippen molar-refractivity contribution < 1.29 is 19.4 Å². The number of methoxy groups -OCH3 is 2. The predicted molar refractivity (Wildman–Crippen MR) is 134 cm³/mol. The second-order valence-electron chi connectivity index (χ2n) is 8.90. The minimum absolute atomic E-state index is 0.0322. The van der Waals surface area contributed by atoms with Crippen LogP contribution in [0.2, 0.25) is 0 Å². The number of hydrogen-bond acceptors (Lipinski definition) is 4.